The van der Waals surface area contributed by atoms with Crippen LogP contribution >= 0.6 is 0 Å². The van der Waals surface area contributed by atoms with Gasteiger partial charge >= 0.3 is 0 Å². The summed E-state index contributed by atoms with van der Waals surface area (Å²) in [5.41, 5.74) is 15.4. The van der Waals surface area contributed by atoms with Crippen LogP contribution in [0.1, 0.15) is 38.8 Å². The summed E-state index contributed by atoms with van der Waals surface area (Å²) in [6, 6.07) is 76.0. The van der Waals surface area contributed by atoms with E-state index in [1.165, 1.54) is 110 Å². The Morgan fingerprint density at radius 2 is 0.776 bits per heavy atom. The van der Waals surface area contributed by atoms with Gasteiger partial charge in [-0.05, 0) is 84.3 Å². The van der Waals surface area contributed by atoms with Crippen LogP contribution < -0.4 is 9.80 Å². The van der Waals surface area contributed by atoms with Crippen molar-refractivity contribution in [2.24, 2.45) is 0 Å². The molecule has 0 atom stereocenters. The highest BCUT2D eigenvalue weighted by Gasteiger charge is 2.41. The molecule has 0 saturated heterocycles. The van der Waals surface area contributed by atoms with E-state index in [1.807, 2.05) is 0 Å². The van der Waals surface area contributed by atoms with Gasteiger partial charge in [0.05, 0.1) is 22.8 Å². The van der Waals surface area contributed by atoms with Crippen LogP contribution in [0.4, 0.5) is 22.7 Å². The molecular weight excluding hydrogens is 809 g/mol. The van der Waals surface area contributed by atoms with Gasteiger partial charge in [-0.3, -0.25) is 0 Å². The van der Waals surface area contributed by atoms with Gasteiger partial charge in [0.2, 0.25) is 0 Å². The van der Waals surface area contributed by atoms with Crippen LogP contribution in [0.2, 0.25) is 0 Å². The first-order valence-corrected chi connectivity index (χ1v) is 23.6. The second kappa shape index (κ2) is 15.6. The highest BCUT2D eigenvalue weighted by molar-refractivity contribution is 6.23. The van der Waals surface area contributed by atoms with E-state index in [1.54, 1.807) is 0 Å². The quantitative estimate of drug-likeness (QED) is 0.154. The van der Waals surface area contributed by atoms with Gasteiger partial charge in [-0.1, -0.05) is 234 Å². The molecule has 2 aliphatic rings. The van der Waals surface area contributed by atoms with Crippen molar-refractivity contribution in [2.45, 2.75) is 38.5 Å². The van der Waals surface area contributed by atoms with E-state index >= 15 is 0 Å². The summed E-state index contributed by atoms with van der Waals surface area (Å²) >= 11 is 0. The Morgan fingerprint density at radius 3 is 1.24 bits per heavy atom. The lowest BCUT2D eigenvalue weighted by molar-refractivity contribution is 0.585. The van der Waals surface area contributed by atoms with Crippen LogP contribution in [0.25, 0.3) is 65.3 Å². The average Bonchev–Trinajstić information content (AvgIpc) is 3.37. The van der Waals surface area contributed by atoms with Crippen molar-refractivity contribution in [3.8, 4) is 22.3 Å². The summed E-state index contributed by atoms with van der Waals surface area (Å²) in [7, 11) is 0. The van der Waals surface area contributed by atoms with Gasteiger partial charge < -0.3 is 9.80 Å². The highest BCUT2D eigenvalue weighted by Crippen LogP contribution is 2.56. The number of para-hydroxylation sites is 2. The number of benzene rings is 10. The highest BCUT2D eigenvalue weighted by atomic mass is 15.2. The monoisotopic (exact) mass is 860 g/mol. The van der Waals surface area contributed by atoms with Crippen molar-refractivity contribution in [1.29, 1.82) is 0 Å². The van der Waals surface area contributed by atoms with Crippen LogP contribution in [-0.2, 0) is 10.8 Å². The zero-order valence-corrected chi connectivity index (χ0v) is 38.6. The van der Waals surface area contributed by atoms with Crippen LogP contribution in [0, 0.1) is 0 Å². The predicted molar refractivity (Wildman–Crippen MR) is 287 cm³/mol. The summed E-state index contributed by atoms with van der Waals surface area (Å²) < 4.78 is 0. The van der Waals surface area contributed by atoms with Crippen molar-refractivity contribution in [3.05, 3.63) is 253 Å². The second-order valence-electron chi connectivity index (χ2n) is 19.2. The van der Waals surface area contributed by atoms with Gasteiger partial charge in [0.1, 0.15) is 0 Å². The van der Waals surface area contributed by atoms with Gasteiger partial charge in [-0.25, -0.2) is 0 Å². The number of anilines is 4. The summed E-state index contributed by atoms with van der Waals surface area (Å²) in [5.74, 6) is 0. The maximum absolute atomic E-state index is 4.61. The first-order chi connectivity index (χ1) is 32.8. The number of rotatable bonds is 6. The first-order valence-electron chi connectivity index (χ1n) is 23.6. The molecule has 0 radical (unpaired) electrons. The number of allylic oxidation sites excluding steroid dienone is 3. The molecule has 0 aromatic heterocycles. The molecule has 0 aliphatic carbocycles. The number of fused-ring (bicyclic) bond motifs is 6. The molecule has 2 heteroatoms. The molecule has 10 aromatic carbocycles. The number of hydrogen-bond acceptors (Lipinski definition) is 2. The van der Waals surface area contributed by atoms with Crippen LogP contribution in [0.15, 0.2) is 242 Å². The molecule has 2 heterocycles. The molecule has 2 nitrogen and oxygen atoms in total. The molecule has 0 unspecified atom stereocenters. The topological polar surface area (TPSA) is 6.48 Å². The summed E-state index contributed by atoms with van der Waals surface area (Å²) in [6.07, 6.45) is 4.68. The maximum Gasteiger partial charge on any atom is 0.0619 e. The molecule has 0 bridgehead atoms. The molecule has 67 heavy (non-hydrogen) atoms. The second-order valence-corrected chi connectivity index (χ2v) is 19.2. The van der Waals surface area contributed by atoms with Crippen molar-refractivity contribution < 1.29 is 0 Å². The SMILES string of the molecule is C=CC1=C(/C=C2\CN(c3c4ccccc4c(-c4ccccc4)c4ccccc34)c3ccccc3C2(C)C)N(c2c3ccccc3c(-c3ccccc3)c3ccccc23)c2ccccc2C1(C)C. The van der Waals surface area contributed by atoms with Crippen LogP contribution in [-0.4, -0.2) is 6.54 Å². The Balaban J connectivity index is 1.16. The Morgan fingerprint density at radius 1 is 0.403 bits per heavy atom. The van der Waals surface area contributed by atoms with Gasteiger partial charge in [0.15, 0.2) is 0 Å². The van der Waals surface area contributed by atoms with Crippen LogP contribution in [0.3, 0.4) is 0 Å². The lowest BCUT2D eigenvalue weighted by Crippen LogP contribution is -2.39. The van der Waals surface area contributed by atoms with E-state index in [0.717, 1.165) is 5.70 Å². The fourth-order valence-corrected chi connectivity index (χ4v) is 11.7. The minimum Gasteiger partial charge on any atom is -0.336 e. The van der Waals surface area contributed by atoms with Gasteiger partial charge in [-0.2, -0.15) is 0 Å². The average molecular weight is 861 g/mol. The molecule has 10 aromatic rings. The standard InChI is InChI=1S/C65H52N2/c1-6-54-59(67(58-40-24-22-38-56(58)65(54,4)5)63-52-35-19-15-31-48(52)61(44-27-11-8-12-28-44)49-32-16-20-36-53(49)63)41-45-42-66(57-39-23-21-37-55(57)64(45,2)3)62-50-33-17-13-29-46(50)60(43-25-9-7-10-26-43)47-30-14-18-34-51(47)62/h6-41H,1,42H2,2-5H3/b45-41+. The molecule has 0 N–H and O–H groups in total. The van der Waals surface area contributed by atoms with Crippen molar-refractivity contribution >= 4 is 65.8 Å². The van der Waals surface area contributed by atoms with E-state index < -0.39 is 0 Å². The summed E-state index contributed by atoms with van der Waals surface area (Å²) in [5, 5.41) is 9.86. The number of hydrogen-bond donors (Lipinski definition) is 0. The largest absolute Gasteiger partial charge is 0.336 e. The molecule has 0 saturated carbocycles. The van der Waals surface area contributed by atoms with E-state index in [2.05, 4.69) is 262 Å². The fraction of sp³-hybridized carbons (Fsp3) is 0.108. The third-order valence-corrected chi connectivity index (χ3v) is 14.9. The Kier molecular flexibility index (Phi) is 9.45. The molecule has 0 amide bonds. The normalized spacial score (nSPS) is 15.9. The zero-order valence-electron chi connectivity index (χ0n) is 38.6. The lowest BCUT2D eigenvalue weighted by Gasteiger charge is -2.46. The summed E-state index contributed by atoms with van der Waals surface area (Å²) in [6.45, 7) is 14.9. The van der Waals surface area contributed by atoms with E-state index in [-0.39, 0.29) is 10.8 Å². The minimum atomic E-state index is -0.340. The van der Waals surface area contributed by atoms with E-state index in [0.29, 0.717) is 6.54 Å². The van der Waals surface area contributed by atoms with Gasteiger partial charge in [0, 0.05) is 44.6 Å². The van der Waals surface area contributed by atoms with Crippen LogP contribution in [0.5, 0.6) is 0 Å². The molecule has 12 rings (SSSR count). The first kappa shape index (κ1) is 40.6. The zero-order chi connectivity index (χ0) is 45.4. The van der Waals surface area contributed by atoms with Crippen molar-refractivity contribution in [3.63, 3.8) is 0 Å². The van der Waals surface area contributed by atoms with Gasteiger partial charge in [-0.15, -0.1) is 0 Å². The predicted octanol–water partition coefficient (Wildman–Crippen LogP) is 17.6. The summed E-state index contributed by atoms with van der Waals surface area (Å²) in [4.78, 5) is 5.20. The van der Waals surface area contributed by atoms with E-state index in [9.17, 15) is 0 Å². The van der Waals surface area contributed by atoms with Crippen molar-refractivity contribution in [2.75, 3.05) is 16.3 Å². The third-order valence-electron chi connectivity index (χ3n) is 14.9. The molecular formula is C65H52N2. The minimum absolute atomic E-state index is 0.323. The lowest BCUT2D eigenvalue weighted by atomic mass is 9.70. The molecule has 322 valence electrons. The Bertz CT molecular complexity index is 3570. The molecule has 2 aliphatic heterocycles. The van der Waals surface area contributed by atoms with E-state index in [4.69, 9.17) is 0 Å². The maximum atomic E-state index is 4.61. The third kappa shape index (κ3) is 6.16. The molecule has 0 fully saturated rings. The Labute approximate surface area is 394 Å². The smallest absolute Gasteiger partial charge is 0.0619 e. The number of nitrogens with zero attached hydrogens (tertiary/aromatic N) is 2. The molecule has 0 spiro atoms. The van der Waals surface area contributed by atoms with Crippen molar-refractivity contribution in [1.82, 2.24) is 0 Å². The Hall–Kier alpha value is -7.94. The fourth-order valence-electron chi connectivity index (χ4n) is 11.7. The van der Waals surface area contributed by atoms with Gasteiger partial charge in [0.25, 0.3) is 0 Å².